The number of rotatable bonds is 4. The Labute approximate surface area is 141 Å². The standard InChI is InChI=1S/C19H20N4O/c1-12-4-7-15(8-5-12)24-19-17(20)18(21-11-22-19)23-16-9-6-13(2)10-14(16)3/h4-11H,20H2,1-3H3,(H,21,22,23). The fourth-order valence-corrected chi connectivity index (χ4v) is 2.36. The van der Waals surface area contributed by atoms with Crippen LogP contribution in [-0.4, -0.2) is 9.97 Å². The van der Waals surface area contributed by atoms with Crippen LogP contribution in [0.1, 0.15) is 16.7 Å². The van der Waals surface area contributed by atoms with Crippen molar-refractivity contribution in [3.63, 3.8) is 0 Å². The maximum absolute atomic E-state index is 6.18. The average molecular weight is 320 g/mol. The molecule has 1 aromatic heterocycles. The molecule has 3 N–H and O–H groups in total. The van der Waals surface area contributed by atoms with Crippen molar-refractivity contribution < 1.29 is 4.74 Å². The minimum atomic E-state index is 0.334. The van der Waals surface area contributed by atoms with E-state index in [0.717, 1.165) is 16.8 Å². The van der Waals surface area contributed by atoms with Gasteiger partial charge in [0.2, 0.25) is 5.88 Å². The summed E-state index contributed by atoms with van der Waals surface area (Å²) < 4.78 is 5.78. The lowest BCUT2D eigenvalue weighted by atomic mass is 10.1. The lowest BCUT2D eigenvalue weighted by Gasteiger charge is -2.13. The van der Waals surface area contributed by atoms with E-state index in [-0.39, 0.29) is 0 Å². The zero-order chi connectivity index (χ0) is 17.1. The van der Waals surface area contributed by atoms with E-state index in [2.05, 4.69) is 28.3 Å². The third-order valence-electron chi connectivity index (χ3n) is 3.72. The van der Waals surface area contributed by atoms with E-state index in [0.29, 0.717) is 23.1 Å². The Bertz CT molecular complexity index is 860. The molecule has 0 spiro atoms. The second-order valence-electron chi connectivity index (χ2n) is 5.80. The van der Waals surface area contributed by atoms with Crippen molar-refractivity contribution in [3.8, 4) is 11.6 Å². The number of aryl methyl sites for hydroxylation is 3. The van der Waals surface area contributed by atoms with Gasteiger partial charge in [0.05, 0.1) is 0 Å². The first-order valence-electron chi connectivity index (χ1n) is 7.72. The molecule has 0 saturated heterocycles. The highest BCUT2D eigenvalue weighted by molar-refractivity contribution is 5.73. The number of nitrogens with one attached hydrogen (secondary N) is 1. The molecule has 1 heterocycles. The number of aromatic nitrogens is 2. The van der Waals surface area contributed by atoms with Gasteiger partial charge in [0, 0.05) is 5.69 Å². The van der Waals surface area contributed by atoms with Crippen LogP contribution < -0.4 is 15.8 Å². The van der Waals surface area contributed by atoms with Gasteiger partial charge in [0.25, 0.3) is 0 Å². The molecule has 0 aliphatic rings. The Morgan fingerprint density at radius 3 is 2.33 bits per heavy atom. The minimum Gasteiger partial charge on any atom is -0.437 e. The molecule has 0 unspecified atom stereocenters. The summed E-state index contributed by atoms with van der Waals surface area (Å²) in [5, 5.41) is 3.25. The highest BCUT2D eigenvalue weighted by Crippen LogP contribution is 2.31. The Hall–Kier alpha value is -3.08. The second kappa shape index (κ2) is 6.58. The van der Waals surface area contributed by atoms with Crippen LogP contribution in [0.4, 0.5) is 17.2 Å². The van der Waals surface area contributed by atoms with Crippen LogP contribution in [0.2, 0.25) is 0 Å². The van der Waals surface area contributed by atoms with Gasteiger partial charge in [0.1, 0.15) is 17.8 Å². The molecular weight excluding hydrogens is 300 g/mol. The van der Waals surface area contributed by atoms with Crippen molar-refractivity contribution in [2.75, 3.05) is 11.1 Å². The van der Waals surface area contributed by atoms with Gasteiger partial charge in [-0.1, -0.05) is 35.4 Å². The van der Waals surface area contributed by atoms with Crippen LogP contribution in [0, 0.1) is 20.8 Å². The van der Waals surface area contributed by atoms with Gasteiger partial charge in [0.15, 0.2) is 5.82 Å². The molecule has 0 aliphatic carbocycles. The number of ether oxygens (including phenoxy) is 1. The summed E-state index contributed by atoms with van der Waals surface area (Å²) in [7, 11) is 0. The summed E-state index contributed by atoms with van der Waals surface area (Å²) in [4.78, 5) is 8.36. The number of benzene rings is 2. The zero-order valence-corrected chi connectivity index (χ0v) is 14.0. The van der Waals surface area contributed by atoms with Gasteiger partial charge in [-0.2, -0.15) is 4.98 Å². The summed E-state index contributed by atoms with van der Waals surface area (Å²) in [6, 6.07) is 13.9. The molecule has 0 fully saturated rings. The molecule has 2 aromatic carbocycles. The van der Waals surface area contributed by atoms with Crippen molar-refractivity contribution in [1.82, 2.24) is 9.97 Å². The summed E-state index contributed by atoms with van der Waals surface area (Å²) in [5.74, 6) is 1.55. The first kappa shape index (κ1) is 15.8. The quantitative estimate of drug-likeness (QED) is 0.739. The minimum absolute atomic E-state index is 0.334. The molecule has 5 heteroatoms. The fourth-order valence-electron chi connectivity index (χ4n) is 2.36. The van der Waals surface area contributed by atoms with Gasteiger partial charge in [-0.25, -0.2) is 4.98 Å². The highest BCUT2D eigenvalue weighted by Gasteiger charge is 2.11. The van der Waals surface area contributed by atoms with Crippen molar-refractivity contribution in [2.24, 2.45) is 0 Å². The maximum atomic E-state index is 6.18. The van der Waals surface area contributed by atoms with Crippen LogP contribution in [0.25, 0.3) is 0 Å². The molecule has 0 atom stereocenters. The van der Waals surface area contributed by atoms with Gasteiger partial charge in [-0.15, -0.1) is 0 Å². The Morgan fingerprint density at radius 2 is 1.62 bits per heavy atom. The number of nitrogens with zero attached hydrogens (tertiary/aromatic N) is 2. The van der Waals surface area contributed by atoms with Crippen LogP contribution in [0.5, 0.6) is 11.6 Å². The third kappa shape index (κ3) is 3.46. The van der Waals surface area contributed by atoms with Crippen molar-refractivity contribution in [3.05, 3.63) is 65.5 Å². The summed E-state index contributed by atoms with van der Waals surface area (Å²) in [6.07, 6.45) is 1.44. The number of nitrogen functional groups attached to an aromatic ring is 1. The lowest BCUT2D eigenvalue weighted by Crippen LogP contribution is -2.04. The highest BCUT2D eigenvalue weighted by atomic mass is 16.5. The Kier molecular flexibility index (Phi) is 4.33. The molecular formula is C19H20N4O. The van der Waals surface area contributed by atoms with Crippen LogP contribution in [0.15, 0.2) is 48.8 Å². The average Bonchev–Trinajstić information content (AvgIpc) is 2.55. The van der Waals surface area contributed by atoms with E-state index >= 15 is 0 Å². The van der Waals surface area contributed by atoms with E-state index in [9.17, 15) is 0 Å². The normalized spacial score (nSPS) is 10.5. The molecule has 5 nitrogen and oxygen atoms in total. The van der Waals surface area contributed by atoms with E-state index in [4.69, 9.17) is 10.5 Å². The predicted octanol–water partition coefficient (Wildman–Crippen LogP) is 4.52. The summed E-state index contributed by atoms with van der Waals surface area (Å²) in [5.41, 5.74) is 11.0. The summed E-state index contributed by atoms with van der Waals surface area (Å²) >= 11 is 0. The number of hydrogen-bond acceptors (Lipinski definition) is 5. The molecule has 3 rings (SSSR count). The van der Waals surface area contributed by atoms with Gasteiger partial charge in [-0.3, -0.25) is 0 Å². The maximum Gasteiger partial charge on any atom is 0.248 e. The second-order valence-corrected chi connectivity index (χ2v) is 5.80. The van der Waals surface area contributed by atoms with Crippen molar-refractivity contribution in [2.45, 2.75) is 20.8 Å². The SMILES string of the molecule is Cc1ccc(Oc2ncnc(Nc3ccc(C)cc3C)c2N)cc1. The number of nitrogens with two attached hydrogens (primary N) is 1. The first-order chi connectivity index (χ1) is 11.5. The Balaban J connectivity index is 1.86. The van der Waals surface area contributed by atoms with Gasteiger partial charge >= 0.3 is 0 Å². The van der Waals surface area contributed by atoms with E-state index < -0.39 is 0 Å². The molecule has 0 radical (unpaired) electrons. The van der Waals surface area contributed by atoms with Crippen molar-refractivity contribution >= 4 is 17.2 Å². The smallest absolute Gasteiger partial charge is 0.248 e. The monoisotopic (exact) mass is 320 g/mol. The predicted molar refractivity (Wildman–Crippen MR) is 96.9 cm³/mol. The topological polar surface area (TPSA) is 73.1 Å². The molecule has 0 aliphatic heterocycles. The molecule has 24 heavy (non-hydrogen) atoms. The summed E-state index contributed by atoms with van der Waals surface area (Å²) in [6.45, 7) is 6.12. The lowest BCUT2D eigenvalue weighted by molar-refractivity contribution is 0.464. The van der Waals surface area contributed by atoms with Crippen LogP contribution in [-0.2, 0) is 0 Å². The van der Waals surface area contributed by atoms with Gasteiger partial charge < -0.3 is 15.8 Å². The van der Waals surface area contributed by atoms with E-state index in [1.165, 1.54) is 11.9 Å². The van der Waals surface area contributed by atoms with Crippen LogP contribution >= 0.6 is 0 Å². The first-order valence-corrected chi connectivity index (χ1v) is 7.72. The number of anilines is 3. The zero-order valence-electron chi connectivity index (χ0n) is 14.0. The Morgan fingerprint density at radius 1 is 0.917 bits per heavy atom. The third-order valence-corrected chi connectivity index (χ3v) is 3.72. The van der Waals surface area contributed by atoms with E-state index in [1.807, 2.05) is 50.2 Å². The molecule has 0 bridgehead atoms. The number of hydrogen-bond donors (Lipinski definition) is 2. The molecule has 0 saturated carbocycles. The largest absolute Gasteiger partial charge is 0.437 e. The van der Waals surface area contributed by atoms with Crippen molar-refractivity contribution in [1.29, 1.82) is 0 Å². The molecule has 0 amide bonds. The van der Waals surface area contributed by atoms with Gasteiger partial charge in [-0.05, 0) is 44.5 Å². The molecule has 3 aromatic rings. The molecule has 122 valence electrons. The van der Waals surface area contributed by atoms with E-state index in [1.54, 1.807) is 0 Å². The van der Waals surface area contributed by atoms with Crippen LogP contribution in [0.3, 0.4) is 0 Å². The fraction of sp³-hybridized carbons (Fsp3) is 0.158.